The lowest BCUT2D eigenvalue weighted by Gasteiger charge is -2.21. The van der Waals surface area contributed by atoms with E-state index in [1.54, 1.807) is 31.2 Å². The van der Waals surface area contributed by atoms with Crippen LogP contribution in [0.15, 0.2) is 24.3 Å². The molecule has 2 amide bonds. The molecule has 7 heteroatoms. The third-order valence-electron chi connectivity index (χ3n) is 4.63. The van der Waals surface area contributed by atoms with E-state index in [0.717, 1.165) is 19.4 Å². The van der Waals surface area contributed by atoms with Crippen molar-refractivity contribution < 1.29 is 19.1 Å². The van der Waals surface area contributed by atoms with Crippen LogP contribution in [-0.2, 0) is 14.3 Å². The molecule has 0 aliphatic heterocycles. The first-order valence-electron chi connectivity index (χ1n) is 10.4. The number of benzene rings is 1. The highest BCUT2D eigenvalue weighted by Crippen LogP contribution is 2.29. The zero-order chi connectivity index (χ0) is 21.2. The molecule has 160 valence electrons. The summed E-state index contributed by atoms with van der Waals surface area (Å²) < 4.78 is 4.98. The van der Waals surface area contributed by atoms with Crippen molar-refractivity contribution in [3.05, 3.63) is 29.8 Å². The lowest BCUT2D eigenvalue weighted by atomic mass is 10.1. The summed E-state index contributed by atoms with van der Waals surface area (Å²) in [6.07, 6.45) is 2.59. The Morgan fingerprint density at radius 2 is 1.93 bits per heavy atom. The van der Waals surface area contributed by atoms with Crippen molar-refractivity contribution in [2.24, 2.45) is 11.8 Å². The lowest BCUT2D eigenvalue weighted by molar-refractivity contribution is -0.143. The number of nitrogens with zero attached hydrogens (tertiary/aromatic N) is 1. The second-order valence-corrected chi connectivity index (χ2v) is 7.93. The van der Waals surface area contributed by atoms with Gasteiger partial charge in [0.1, 0.15) is 0 Å². The number of carbonyl (C=O) groups is 3. The van der Waals surface area contributed by atoms with Crippen LogP contribution in [0.25, 0.3) is 0 Å². The normalized spacial score (nSPS) is 13.4. The summed E-state index contributed by atoms with van der Waals surface area (Å²) in [5.41, 5.74) is 0.942. The van der Waals surface area contributed by atoms with Gasteiger partial charge in [-0.3, -0.25) is 19.3 Å². The van der Waals surface area contributed by atoms with E-state index in [1.807, 2.05) is 18.7 Å². The summed E-state index contributed by atoms with van der Waals surface area (Å²) in [6.45, 7) is 8.22. The molecular formula is C22H33N3O4. The van der Waals surface area contributed by atoms with E-state index in [-0.39, 0.29) is 30.7 Å². The van der Waals surface area contributed by atoms with Gasteiger partial charge in [-0.2, -0.15) is 0 Å². The molecule has 1 aliphatic rings. The van der Waals surface area contributed by atoms with Crippen LogP contribution in [0.2, 0.25) is 0 Å². The highest BCUT2D eigenvalue weighted by atomic mass is 16.5. The molecular weight excluding hydrogens is 370 g/mol. The SMILES string of the molecule is CCOC(=O)CCN(CC(=O)Nc1ccccc1C(=O)NCC(C)C)CC1CC1. The molecule has 0 saturated heterocycles. The van der Waals surface area contributed by atoms with Gasteiger partial charge in [-0.15, -0.1) is 0 Å². The number of amides is 2. The Morgan fingerprint density at radius 3 is 2.59 bits per heavy atom. The predicted octanol–water partition coefficient (Wildman–Crippen LogP) is 2.68. The zero-order valence-electron chi connectivity index (χ0n) is 17.7. The fraction of sp³-hybridized carbons (Fsp3) is 0.591. The Balaban J connectivity index is 1.94. The summed E-state index contributed by atoms with van der Waals surface area (Å²) in [5.74, 6) is 0.293. The molecule has 1 fully saturated rings. The van der Waals surface area contributed by atoms with Gasteiger partial charge in [0, 0.05) is 19.6 Å². The Kier molecular flexibility index (Phi) is 9.12. The number of anilines is 1. The summed E-state index contributed by atoms with van der Waals surface area (Å²) in [7, 11) is 0. The van der Waals surface area contributed by atoms with Crippen molar-refractivity contribution in [3.8, 4) is 0 Å². The van der Waals surface area contributed by atoms with Crippen LogP contribution in [-0.4, -0.2) is 55.5 Å². The molecule has 0 heterocycles. The molecule has 29 heavy (non-hydrogen) atoms. The van der Waals surface area contributed by atoms with Crippen molar-refractivity contribution in [1.82, 2.24) is 10.2 Å². The van der Waals surface area contributed by atoms with Crippen molar-refractivity contribution in [3.63, 3.8) is 0 Å². The van der Waals surface area contributed by atoms with Gasteiger partial charge >= 0.3 is 5.97 Å². The monoisotopic (exact) mass is 403 g/mol. The maximum atomic E-state index is 12.6. The number of esters is 1. The number of hydrogen-bond donors (Lipinski definition) is 2. The van der Waals surface area contributed by atoms with Gasteiger partial charge in [-0.05, 0) is 43.7 Å². The smallest absolute Gasteiger partial charge is 0.307 e. The first-order valence-corrected chi connectivity index (χ1v) is 10.4. The minimum absolute atomic E-state index is 0.178. The molecule has 0 aromatic heterocycles. The molecule has 2 N–H and O–H groups in total. The number of para-hydroxylation sites is 1. The van der Waals surface area contributed by atoms with Crippen LogP contribution in [0, 0.1) is 11.8 Å². The molecule has 0 atom stereocenters. The van der Waals surface area contributed by atoms with Gasteiger partial charge in [-0.1, -0.05) is 26.0 Å². The van der Waals surface area contributed by atoms with Crippen molar-refractivity contribution in [2.45, 2.75) is 40.0 Å². The summed E-state index contributed by atoms with van der Waals surface area (Å²) in [4.78, 5) is 38.7. The van der Waals surface area contributed by atoms with E-state index in [0.29, 0.717) is 42.8 Å². The molecule has 7 nitrogen and oxygen atoms in total. The van der Waals surface area contributed by atoms with Crippen LogP contribution in [0.4, 0.5) is 5.69 Å². The maximum absolute atomic E-state index is 12.6. The molecule has 0 bridgehead atoms. The second-order valence-electron chi connectivity index (χ2n) is 7.93. The predicted molar refractivity (Wildman–Crippen MR) is 113 cm³/mol. The molecule has 1 aliphatic carbocycles. The third kappa shape index (κ3) is 8.64. The minimum atomic E-state index is -0.249. The molecule has 0 spiro atoms. The minimum Gasteiger partial charge on any atom is -0.466 e. The summed E-state index contributed by atoms with van der Waals surface area (Å²) >= 11 is 0. The number of hydrogen-bond acceptors (Lipinski definition) is 5. The van der Waals surface area contributed by atoms with Crippen LogP contribution in [0.3, 0.4) is 0 Å². The largest absolute Gasteiger partial charge is 0.466 e. The number of carbonyl (C=O) groups excluding carboxylic acids is 3. The highest BCUT2D eigenvalue weighted by Gasteiger charge is 2.26. The van der Waals surface area contributed by atoms with E-state index < -0.39 is 0 Å². The van der Waals surface area contributed by atoms with Crippen LogP contribution in [0.1, 0.15) is 50.4 Å². The fourth-order valence-corrected chi connectivity index (χ4v) is 2.96. The van der Waals surface area contributed by atoms with Gasteiger partial charge in [0.2, 0.25) is 5.91 Å². The number of rotatable bonds is 12. The van der Waals surface area contributed by atoms with Crippen LogP contribution in [0.5, 0.6) is 0 Å². The Morgan fingerprint density at radius 1 is 1.21 bits per heavy atom. The van der Waals surface area contributed by atoms with Gasteiger partial charge in [0.05, 0.1) is 30.8 Å². The summed E-state index contributed by atoms with van der Waals surface area (Å²) in [5, 5.41) is 5.74. The van der Waals surface area contributed by atoms with E-state index in [4.69, 9.17) is 4.74 Å². The van der Waals surface area contributed by atoms with Gasteiger partial charge < -0.3 is 15.4 Å². The van der Waals surface area contributed by atoms with E-state index in [2.05, 4.69) is 10.6 Å². The van der Waals surface area contributed by atoms with Gasteiger partial charge in [0.25, 0.3) is 5.91 Å². The molecule has 2 rings (SSSR count). The molecule has 0 radical (unpaired) electrons. The van der Waals surface area contributed by atoms with Crippen molar-refractivity contribution >= 4 is 23.5 Å². The van der Waals surface area contributed by atoms with E-state index in [1.165, 1.54) is 0 Å². The Bertz CT molecular complexity index is 701. The second kappa shape index (κ2) is 11.6. The Hall–Kier alpha value is -2.41. The van der Waals surface area contributed by atoms with E-state index in [9.17, 15) is 14.4 Å². The van der Waals surface area contributed by atoms with E-state index >= 15 is 0 Å². The van der Waals surface area contributed by atoms with Crippen LogP contribution < -0.4 is 10.6 Å². The Labute approximate surface area is 173 Å². The van der Waals surface area contributed by atoms with Crippen LogP contribution >= 0.6 is 0 Å². The lowest BCUT2D eigenvalue weighted by Crippen LogP contribution is -2.37. The topological polar surface area (TPSA) is 87.7 Å². The molecule has 1 aromatic carbocycles. The molecule has 1 aromatic rings. The molecule has 0 unspecified atom stereocenters. The fourth-order valence-electron chi connectivity index (χ4n) is 2.96. The van der Waals surface area contributed by atoms with Gasteiger partial charge in [0.15, 0.2) is 0 Å². The van der Waals surface area contributed by atoms with Crippen molar-refractivity contribution in [2.75, 3.05) is 38.1 Å². The zero-order valence-corrected chi connectivity index (χ0v) is 17.7. The third-order valence-corrected chi connectivity index (χ3v) is 4.63. The number of nitrogens with one attached hydrogen (secondary N) is 2. The first kappa shape index (κ1) is 22.9. The highest BCUT2D eigenvalue weighted by molar-refractivity contribution is 6.04. The average molecular weight is 404 g/mol. The maximum Gasteiger partial charge on any atom is 0.307 e. The van der Waals surface area contributed by atoms with Gasteiger partial charge in [-0.25, -0.2) is 0 Å². The summed E-state index contributed by atoms with van der Waals surface area (Å²) in [6, 6.07) is 7.00. The standard InChI is InChI=1S/C22H33N3O4/c1-4-29-21(27)11-12-25(14-17-9-10-17)15-20(26)24-19-8-6-5-7-18(19)22(28)23-13-16(2)3/h5-8,16-17H,4,9-15H2,1-3H3,(H,23,28)(H,24,26). The molecule has 1 saturated carbocycles. The quantitative estimate of drug-likeness (QED) is 0.524. The first-order chi connectivity index (χ1) is 13.9. The number of ether oxygens (including phenoxy) is 1. The van der Waals surface area contributed by atoms with Crippen molar-refractivity contribution in [1.29, 1.82) is 0 Å². The average Bonchev–Trinajstić information content (AvgIpc) is 3.49.